The third-order valence-corrected chi connectivity index (χ3v) is 2.44. The fraction of sp³-hybridized carbons (Fsp3) is 0.500. The summed E-state index contributed by atoms with van der Waals surface area (Å²) in [4.78, 5) is 0. The second-order valence-electron chi connectivity index (χ2n) is 4.30. The Hall–Kier alpha value is -1.27. The molecule has 2 N–H and O–H groups in total. The van der Waals surface area contributed by atoms with Crippen molar-refractivity contribution in [1.82, 2.24) is 0 Å². The topological polar surface area (TPSA) is 49.7 Å². The number of hydrogen-bond acceptors (Lipinski definition) is 3. The maximum absolute atomic E-state index is 12.0. The van der Waals surface area contributed by atoms with Crippen LogP contribution in [0.25, 0.3) is 0 Å². The first kappa shape index (κ1) is 14.8. The Morgan fingerprint density at radius 3 is 2.28 bits per heavy atom. The zero-order valence-electron chi connectivity index (χ0n) is 9.98. The molecule has 0 aliphatic carbocycles. The quantitative estimate of drug-likeness (QED) is 0.879. The van der Waals surface area contributed by atoms with Crippen LogP contribution in [0.5, 0.6) is 5.75 Å². The average molecular weight is 264 g/mol. The standard InChI is InChI=1S/C12H15F3O3/c1-7(2)10(16)11(17)8-4-3-5-9(6-8)18-12(13,14)15/h3-7,10-11,16-17H,1-2H3. The minimum Gasteiger partial charge on any atom is -0.406 e. The molecule has 0 spiro atoms. The van der Waals surface area contributed by atoms with Crippen LogP contribution in [0.15, 0.2) is 24.3 Å². The number of alkyl halides is 3. The Bertz CT molecular complexity index is 390. The lowest BCUT2D eigenvalue weighted by molar-refractivity contribution is -0.274. The van der Waals surface area contributed by atoms with Gasteiger partial charge in [0.1, 0.15) is 11.9 Å². The van der Waals surface area contributed by atoms with E-state index in [1.54, 1.807) is 13.8 Å². The molecule has 0 bridgehead atoms. The maximum Gasteiger partial charge on any atom is 0.573 e. The summed E-state index contributed by atoms with van der Waals surface area (Å²) in [6.45, 7) is 3.40. The fourth-order valence-corrected chi connectivity index (χ4v) is 1.46. The fourth-order valence-electron chi connectivity index (χ4n) is 1.46. The molecule has 0 saturated carbocycles. The Labute approximate surface area is 103 Å². The molecule has 0 amide bonds. The van der Waals surface area contributed by atoms with E-state index in [0.717, 1.165) is 12.1 Å². The van der Waals surface area contributed by atoms with Crippen molar-refractivity contribution < 1.29 is 28.1 Å². The second-order valence-corrected chi connectivity index (χ2v) is 4.30. The van der Waals surface area contributed by atoms with Crippen LogP contribution in [0.2, 0.25) is 0 Å². The zero-order chi connectivity index (χ0) is 13.9. The SMILES string of the molecule is CC(C)C(O)C(O)c1cccc(OC(F)(F)F)c1. The normalized spacial score (nSPS) is 15.6. The van der Waals surface area contributed by atoms with E-state index < -0.39 is 24.3 Å². The molecule has 2 unspecified atom stereocenters. The molecule has 18 heavy (non-hydrogen) atoms. The van der Waals surface area contributed by atoms with E-state index in [-0.39, 0.29) is 11.5 Å². The van der Waals surface area contributed by atoms with Crippen molar-refractivity contribution in [2.24, 2.45) is 5.92 Å². The van der Waals surface area contributed by atoms with E-state index in [0.29, 0.717) is 0 Å². The molecule has 0 heterocycles. The lowest BCUT2D eigenvalue weighted by atomic mass is 9.96. The first-order valence-corrected chi connectivity index (χ1v) is 5.42. The summed E-state index contributed by atoms with van der Waals surface area (Å²) in [7, 11) is 0. The molecule has 0 fully saturated rings. The molecule has 1 aromatic carbocycles. The minimum atomic E-state index is -4.78. The summed E-state index contributed by atoms with van der Waals surface area (Å²) in [5.41, 5.74) is 0.179. The van der Waals surface area contributed by atoms with E-state index in [1.165, 1.54) is 12.1 Å². The zero-order valence-corrected chi connectivity index (χ0v) is 9.98. The van der Waals surface area contributed by atoms with Crippen molar-refractivity contribution in [3.63, 3.8) is 0 Å². The maximum atomic E-state index is 12.0. The smallest absolute Gasteiger partial charge is 0.406 e. The molecule has 0 aliphatic heterocycles. The van der Waals surface area contributed by atoms with Crippen LogP contribution in [-0.2, 0) is 0 Å². The molecule has 3 nitrogen and oxygen atoms in total. The van der Waals surface area contributed by atoms with Gasteiger partial charge >= 0.3 is 6.36 Å². The molecular formula is C12H15F3O3. The number of halogens is 3. The van der Waals surface area contributed by atoms with Gasteiger partial charge in [-0.3, -0.25) is 0 Å². The average Bonchev–Trinajstić information content (AvgIpc) is 2.25. The molecule has 2 atom stereocenters. The van der Waals surface area contributed by atoms with E-state index in [9.17, 15) is 23.4 Å². The first-order chi connectivity index (χ1) is 8.20. The van der Waals surface area contributed by atoms with Crippen LogP contribution >= 0.6 is 0 Å². The molecule has 0 saturated heterocycles. The highest BCUT2D eigenvalue weighted by molar-refractivity contribution is 5.30. The molecular weight excluding hydrogens is 249 g/mol. The van der Waals surface area contributed by atoms with Crippen LogP contribution in [0.3, 0.4) is 0 Å². The van der Waals surface area contributed by atoms with E-state index in [4.69, 9.17) is 0 Å². The van der Waals surface area contributed by atoms with Gasteiger partial charge in [-0.25, -0.2) is 0 Å². The Morgan fingerprint density at radius 1 is 1.17 bits per heavy atom. The van der Waals surface area contributed by atoms with Gasteiger partial charge in [0.15, 0.2) is 0 Å². The van der Waals surface area contributed by atoms with Gasteiger partial charge in [-0.2, -0.15) is 0 Å². The molecule has 1 rings (SSSR count). The van der Waals surface area contributed by atoms with Gasteiger partial charge in [-0.1, -0.05) is 26.0 Å². The third kappa shape index (κ3) is 4.19. The summed E-state index contributed by atoms with van der Waals surface area (Å²) in [6, 6.07) is 4.95. The second kappa shape index (κ2) is 5.58. The predicted molar refractivity (Wildman–Crippen MR) is 58.9 cm³/mol. The van der Waals surface area contributed by atoms with Crippen LogP contribution in [0.1, 0.15) is 25.5 Å². The number of aliphatic hydroxyl groups excluding tert-OH is 2. The van der Waals surface area contributed by atoms with Gasteiger partial charge in [0.2, 0.25) is 0 Å². The largest absolute Gasteiger partial charge is 0.573 e. The summed E-state index contributed by atoms with van der Waals surface area (Å²) in [5, 5.41) is 19.5. The van der Waals surface area contributed by atoms with Crippen molar-refractivity contribution in [3.05, 3.63) is 29.8 Å². The van der Waals surface area contributed by atoms with Crippen LogP contribution in [0, 0.1) is 5.92 Å². The number of rotatable bonds is 4. The summed E-state index contributed by atoms with van der Waals surface area (Å²) < 4.78 is 39.8. The number of benzene rings is 1. The highest BCUT2D eigenvalue weighted by Gasteiger charge is 2.31. The van der Waals surface area contributed by atoms with Gasteiger partial charge in [0.05, 0.1) is 6.10 Å². The third-order valence-electron chi connectivity index (χ3n) is 2.44. The Balaban J connectivity index is 2.88. The summed E-state index contributed by atoms with van der Waals surface area (Å²) in [5.74, 6) is -0.637. The van der Waals surface area contributed by atoms with Crippen LogP contribution in [0.4, 0.5) is 13.2 Å². The van der Waals surface area contributed by atoms with E-state index in [1.807, 2.05) is 0 Å². The van der Waals surface area contributed by atoms with Crippen molar-refractivity contribution in [2.45, 2.75) is 32.4 Å². The molecule has 0 radical (unpaired) electrons. The van der Waals surface area contributed by atoms with Crippen molar-refractivity contribution in [2.75, 3.05) is 0 Å². The van der Waals surface area contributed by atoms with Gasteiger partial charge < -0.3 is 14.9 Å². The minimum absolute atomic E-state index is 0.179. The molecule has 1 aromatic rings. The van der Waals surface area contributed by atoms with Crippen molar-refractivity contribution >= 4 is 0 Å². The Kier molecular flexibility index (Phi) is 4.59. The van der Waals surface area contributed by atoms with Crippen LogP contribution < -0.4 is 4.74 Å². The molecule has 102 valence electrons. The highest BCUT2D eigenvalue weighted by Crippen LogP contribution is 2.28. The lowest BCUT2D eigenvalue weighted by Crippen LogP contribution is -2.24. The molecule has 6 heteroatoms. The van der Waals surface area contributed by atoms with Crippen LogP contribution in [-0.4, -0.2) is 22.7 Å². The van der Waals surface area contributed by atoms with Gasteiger partial charge in [-0.05, 0) is 23.6 Å². The molecule has 0 aromatic heterocycles. The number of ether oxygens (including phenoxy) is 1. The monoisotopic (exact) mass is 264 g/mol. The molecule has 0 aliphatic rings. The van der Waals surface area contributed by atoms with Gasteiger partial charge in [0, 0.05) is 0 Å². The Morgan fingerprint density at radius 2 is 1.78 bits per heavy atom. The first-order valence-electron chi connectivity index (χ1n) is 5.42. The van der Waals surface area contributed by atoms with Gasteiger partial charge in [0.25, 0.3) is 0 Å². The highest BCUT2D eigenvalue weighted by atomic mass is 19.4. The summed E-state index contributed by atoms with van der Waals surface area (Å²) >= 11 is 0. The van der Waals surface area contributed by atoms with Crippen molar-refractivity contribution in [1.29, 1.82) is 0 Å². The summed E-state index contributed by atoms with van der Waals surface area (Å²) in [6.07, 6.45) is -7.08. The van der Waals surface area contributed by atoms with E-state index >= 15 is 0 Å². The van der Waals surface area contributed by atoms with E-state index in [2.05, 4.69) is 4.74 Å². The van der Waals surface area contributed by atoms with Crippen molar-refractivity contribution in [3.8, 4) is 5.75 Å². The lowest BCUT2D eigenvalue weighted by Gasteiger charge is -2.21. The predicted octanol–water partition coefficient (Wildman–Crippen LogP) is 2.64. The number of hydrogen-bond donors (Lipinski definition) is 2. The number of aliphatic hydroxyl groups is 2. The van der Waals surface area contributed by atoms with Gasteiger partial charge in [-0.15, -0.1) is 13.2 Å².